The average molecular weight is 413 g/mol. The summed E-state index contributed by atoms with van der Waals surface area (Å²) < 4.78 is 12.9. The molecule has 0 spiro atoms. The van der Waals surface area contributed by atoms with Crippen LogP contribution < -0.4 is 9.54 Å². The van der Waals surface area contributed by atoms with Crippen LogP contribution in [0.4, 0.5) is 0 Å². The number of aromatic nitrogens is 1. The minimum Gasteiger partial charge on any atom is -0.497 e. The van der Waals surface area contributed by atoms with Crippen molar-refractivity contribution >= 4 is 33.4 Å². The molecule has 1 aromatic heterocycles. The van der Waals surface area contributed by atoms with Crippen molar-refractivity contribution in [1.29, 1.82) is 0 Å². The average Bonchev–Trinajstić information content (AvgIpc) is 3.04. The van der Waals surface area contributed by atoms with Crippen molar-refractivity contribution in [3.63, 3.8) is 0 Å². The lowest BCUT2D eigenvalue weighted by atomic mass is 10.0. The molecule has 0 unspecified atom stereocenters. The molecule has 0 fully saturated rings. The van der Waals surface area contributed by atoms with Gasteiger partial charge >= 0.3 is 5.97 Å². The third-order valence-electron chi connectivity index (χ3n) is 4.50. The van der Waals surface area contributed by atoms with Crippen LogP contribution in [0.15, 0.2) is 47.5 Å². The monoisotopic (exact) mass is 412 g/mol. The van der Waals surface area contributed by atoms with Gasteiger partial charge in [0.1, 0.15) is 12.3 Å². The first-order chi connectivity index (χ1) is 13.9. The number of thiazole rings is 1. The molecular formula is C22H24N2O4S. The zero-order valence-electron chi connectivity index (χ0n) is 17.0. The van der Waals surface area contributed by atoms with Crippen LogP contribution in [0.3, 0.4) is 0 Å². The molecule has 0 aliphatic carbocycles. The molecule has 6 nitrogen and oxygen atoms in total. The van der Waals surface area contributed by atoms with E-state index < -0.39 is 0 Å². The molecule has 2 aromatic carbocycles. The predicted molar refractivity (Wildman–Crippen MR) is 113 cm³/mol. The van der Waals surface area contributed by atoms with Gasteiger partial charge in [-0.2, -0.15) is 4.99 Å². The summed E-state index contributed by atoms with van der Waals surface area (Å²) in [6.45, 7) is 6.32. The van der Waals surface area contributed by atoms with Gasteiger partial charge in [0.2, 0.25) is 0 Å². The van der Waals surface area contributed by atoms with E-state index in [2.05, 4.69) is 24.9 Å². The minimum absolute atomic E-state index is 0.00356. The van der Waals surface area contributed by atoms with E-state index in [4.69, 9.17) is 9.47 Å². The van der Waals surface area contributed by atoms with E-state index >= 15 is 0 Å². The van der Waals surface area contributed by atoms with Crippen molar-refractivity contribution < 1.29 is 19.1 Å². The lowest BCUT2D eigenvalue weighted by molar-refractivity contribution is -0.143. The fraction of sp³-hybridized carbons (Fsp3) is 0.318. The second-order valence-electron chi connectivity index (χ2n) is 6.80. The summed E-state index contributed by atoms with van der Waals surface area (Å²) in [5, 5.41) is 0. The summed E-state index contributed by atoms with van der Waals surface area (Å²) in [4.78, 5) is 29.6. The number of benzene rings is 2. The highest BCUT2D eigenvalue weighted by molar-refractivity contribution is 7.16. The molecule has 0 aliphatic heterocycles. The molecule has 7 heteroatoms. The van der Waals surface area contributed by atoms with E-state index in [0.29, 0.717) is 28.6 Å². The number of esters is 1. The molecule has 0 N–H and O–H groups in total. The van der Waals surface area contributed by atoms with Crippen molar-refractivity contribution in [3.8, 4) is 5.75 Å². The van der Waals surface area contributed by atoms with Crippen molar-refractivity contribution in [2.24, 2.45) is 4.99 Å². The van der Waals surface area contributed by atoms with Crippen LogP contribution in [-0.2, 0) is 16.1 Å². The van der Waals surface area contributed by atoms with Crippen molar-refractivity contribution in [2.75, 3.05) is 13.7 Å². The normalized spacial score (nSPS) is 11.8. The van der Waals surface area contributed by atoms with Gasteiger partial charge in [-0.25, -0.2) is 0 Å². The standard InChI is InChI=1S/C22H24N2O4S/c1-5-28-20(25)13-24-18-11-8-16(14(2)3)12-19(18)29-22(24)23-21(26)15-6-9-17(27-4)10-7-15/h6-12,14H,5,13H2,1-4H3. The molecule has 0 bridgehead atoms. The van der Waals surface area contributed by atoms with Gasteiger partial charge in [-0.1, -0.05) is 31.3 Å². The van der Waals surface area contributed by atoms with Crippen molar-refractivity contribution in [2.45, 2.75) is 33.2 Å². The first kappa shape index (κ1) is 20.8. The van der Waals surface area contributed by atoms with Crippen LogP contribution in [0.25, 0.3) is 10.2 Å². The molecule has 0 atom stereocenters. The van der Waals surface area contributed by atoms with E-state index in [1.807, 2.05) is 12.1 Å². The number of carbonyl (C=O) groups is 2. The van der Waals surface area contributed by atoms with Gasteiger partial charge in [-0.3, -0.25) is 9.59 Å². The molecule has 0 saturated carbocycles. The fourth-order valence-electron chi connectivity index (χ4n) is 2.91. The molecule has 0 saturated heterocycles. The molecule has 0 aliphatic rings. The number of nitrogens with zero attached hydrogens (tertiary/aromatic N) is 2. The largest absolute Gasteiger partial charge is 0.497 e. The molecule has 1 heterocycles. The summed E-state index contributed by atoms with van der Waals surface area (Å²) >= 11 is 1.39. The van der Waals surface area contributed by atoms with Gasteiger partial charge < -0.3 is 14.0 Å². The third-order valence-corrected chi connectivity index (χ3v) is 5.54. The third kappa shape index (κ3) is 4.74. The maximum atomic E-state index is 12.7. The maximum Gasteiger partial charge on any atom is 0.326 e. The highest BCUT2D eigenvalue weighted by atomic mass is 32.1. The summed E-state index contributed by atoms with van der Waals surface area (Å²) in [6, 6.07) is 12.9. The van der Waals surface area contributed by atoms with Gasteiger partial charge in [-0.05, 0) is 54.8 Å². The molecule has 3 rings (SSSR count). The Morgan fingerprint density at radius 1 is 1.14 bits per heavy atom. The molecule has 0 radical (unpaired) electrons. The predicted octanol–water partition coefficient (Wildman–Crippen LogP) is 4.14. The highest BCUT2D eigenvalue weighted by Gasteiger charge is 2.14. The van der Waals surface area contributed by atoms with Crippen molar-refractivity contribution in [1.82, 2.24) is 4.57 Å². The number of carbonyl (C=O) groups excluding carboxylic acids is 2. The van der Waals surface area contributed by atoms with Gasteiger partial charge in [0.05, 0.1) is 23.9 Å². The van der Waals surface area contributed by atoms with Gasteiger partial charge in [-0.15, -0.1) is 0 Å². The topological polar surface area (TPSA) is 69.9 Å². The Bertz CT molecular complexity index is 1090. The van der Waals surface area contributed by atoms with Crippen LogP contribution in [0.2, 0.25) is 0 Å². The van der Waals surface area contributed by atoms with Crippen LogP contribution in [0.5, 0.6) is 5.75 Å². The summed E-state index contributed by atoms with van der Waals surface area (Å²) in [7, 11) is 1.57. The highest BCUT2D eigenvalue weighted by Crippen LogP contribution is 2.24. The smallest absolute Gasteiger partial charge is 0.326 e. The second-order valence-corrected chi connectivity index (χ2v) is 7.81. The van der Waals surface area contributed by atoms with Crippen molar-refractivity contribution in [3.05, 3.63) is 58.4 Å². The first-order valence-corrected chi connectivity index (χ1v) is 10.3. The Balaban J connectivity index is 2.08. The van der Waals surface area contributed by atoms with E-state index in [-0.39, 0.29) is 18.4 Å². The van der Waals surface area contributed by atoms with E-state index in [0.717, 1.165) is 10.2 Å². The zero-order chi connectivity index (χ0) is 21.0. The van der Waals surface area contributed by atoms with Crippen LogP contribution >= 0.6 is 11.3 Å². The van der Waals surface area contributed by atoms with Gasteiger partial charge in [0.25, 0.3) is 5.91 Å². The minimum atomic E-state index is -0.374. The Morgan fingerprint density at radius 2 is 1.86 bits per heavy atom. The number of amides is 1. The van der Waals surface area contributed by atoms with E-state index in [1.165, 1.54) is 16.9 Å². The Labute approximate surface area is 173 Å². The molecule has 29 heavy (non-hydrogen) atoms. The molecule has 1 amide bonds. The zero-order valence-corrected chi connectivity index (χ0v) is 17.8. The number of rotatable bonds is 6. The molecule has 3 aromatic rings. The molecular weight excluding hydrogens is 388 g/mol. The summed E-state index contributed by atoms with van der Waals surface area (Å²) in [6.07, 6.45) is 0. The first-order valence-electron chi connectivity index (χ1n) is 9.45. The number of hydrogen-bond acceptors (Lipinski definition) is 5. The van der Waals surface area contributed by atoms with E-state index in [1.54, 1.807) is 42.9 Å². The number of hydrogen-bond donors (Lipinski definition) is 0. The number of methoxy groups -OCH3 is 1. The van der Waals surface area contributed by atoms with Crippen LogP contribution in [0.1, 0.15) is 42.6 Å². The lowest BCUT2D eigenvalue weighted by Gasteiger charge is -2.07. The summed E-state index contributed by atoms with van der Waals surface area (Å²) in [5.74, 6) is 0.308. The van der Waals surface area contributed by atoms with Crippen LogP contribution in [0, 0.1) is 0 Å². The van der Waals surface area contributed by atoms with Gasteiger partial charge in [0, 0.05) is 5.56 Å². The molecule has 152 valence electrons. The quantitative estimate of drug-likeness (QED) is 0.571. The lowest BCUT2D eigenvalue weighted by Crippen LogP contribution is -2.23. The Morgan fingerprint density at radius 3 is 2.48 bits per heavy atom. The summed E-state index contributed by atoms with van der Waals surface area (Å²) in [5.41, 5.74) is 2.50. The second kappa shape index (κ2) is 9.05. The Kier molecular flexibility index (Phi) is 6.49. The van der Waals surface area contributed by atoms with E-state index in [9.17, 15) is 9.59 Å². The SMILES string of the molecule is CCOC(=O)Cn1c(=NC(=O)c2ccc(OC)cc2)sc2cc(C(C)C)ccc21. The van der Waals surface area contributed by atoms with Gasteiger partial charge in [0.15, 0.2) is 4.80 Å². The fourth-order valence-corrected chi connectivity index (χ4v) is 3.98. The van der Waals surface area contributed by atoms with Crippen LogP contribution in [-0.4, -0.2) is 30.2 Å². The number of ether oxygens (including phenoxy) is 2. The Hall–Kier alpha value is -2.93. The maximum absolute atomic E-state index is 12.7. The number of fused-ring (bicyclic) bond motifs is 1.